The van der Waals surface area contributed by atoms with Crippen LogP contribution in [0.5, 0.6) is 0 Å². The third-order valence-corrected chi connectivity index (χ3v) is 2.36. The summed E-state index contributed by atoms with van der Waals surface area (Å²) < 4.78 is 0. The molecule has 1 rings (SSSR count). The zero-order chi connectivity index (χ0) is 11.4. The van der Waals surface area contributed by atoms with Gasteiger partial charge < -0.3 is 14.8 Å². The molecule has 1 aromatic rings. The SMILES string of the molecule is CC(C(=O)[O-])N(C)c1ccc(C=O)cc1. The molecule has 0 aromatic heterocycles. The molecule has 0 amide bonds. The Morgan fingerprint density at radius 3 is 2.33 bits per heavy atom. The zero-order valence-electron chi connectivity index (χ0n) is 8.64. The molecule has 4 heteroatoms. The fraction of sp³-hybridized carbons (Fsp3) is 0.273. The van der Waals surface area contributed by atoms with Gasteiger partial charge in [-0.25, -0.2) is 0 Å². The topological polar surface area (TPSA) is 60.4 Å². The molecule has 1 atom stereocenters. The van der Waals surface area contributed by atoms with E-state index in [1.807, 2.05) is 0 Å². The first-order valence-corrected chi connectivity index (χ1v) is 4.55. The number of hydrogen-bond acceptors (Lipinski definition) is 4. The molecule has 0 bridgehead atoms. The lowest BCUT2D eigenvalue weighted by Crippen LogP contribution is -2.44. The lowest BCUT2D eigenvalue weighted by Gasteiger charge is -2.27. The number of anilines is 1. The van der Waals surface area contributed by atoms with E-state index in [0.29, 0.717) is 5.56 Å². The number of likely N-dealkylation sites (N-methyl/N-ethyl adjacent to an activating group) is 1. The minimum atomic E-state index is -1.13. The molecule has 0 aliphatic heterocycles. The van der Waals surface area contributed by atoms with E-state index in [0.717, 1.165) is 12.0 Å². The van der Waals surface area contributed by atoms with Gasteiger partial charge in [-0.1, -0.05) is 0 Å². The lowest BCUT2D eigenvalue weighted by molar-refractivity contribution is -0.306. The van der Waals surface area contributed by atoms with Gasteiger partial charge in [-0.05, 0) is 31.2 Å². The first-order chi connectivity index (χ1) is 7.06. The van der Waals surface area contributed by atoms with Gasteiger partial charge in [0.2, 0.25) is 0 Å². The van der Waals surface area contributed by atoms with Crippen LogP contribution in [0.15, 0.2) is 24.3 Å². The maximum atomic E-state index is 10.6. The van der Waals surface area contributed by atoms with Gasteiger partial charge in [0.25, 0.3) is 0 Å². The number of aliphatic carboxylic acids is 1. The second-order valence-electron chi connectivity index (χ2n) is 3.32. The van der Waals surface area contributed by atoms with Crippen molar-refractivity contribution in [2.45, 2.75) is 13.0 Å². The summed E-state index contributed by atoms with van der Waals surface area (Å²) in [5.74, 6) is -1.13. The number of benzene rings is 1. The molecule has 15 heavy (non-hydrogen) atoms. The van der Waals surface area contributed by atoms with Crippen molar-refractivity contribution in [3.05, 3.63) is 29.8 Å². The summed E-state index contributed by atoms with van der Waals surface area (Å²) in [7, 11) is 1.66. The van der Waals surface area contributed by atoms with Gasteiger partial charge in [-0.15, -0.1) is 0 Å². The number of aldehydes is 1. The molecule has 0 heterocycles. The Labute approximate surface area is 88.1 Å². The number of carboxylic acid groups (broad SMARTS) is 1. The van der Waals surface area contributed by atoms with Crippen LogP contribution in [-0.4, -0.2) is 25.3 Å². The van der Waals surface area contributed by atoms with Gasteiger partial charge in [0.1, 0.15) is 6.29 Å². The average Bonchev–Trinajstić information content (AvgIpc) is 2.27. The first kappa shape index (κ1) is 11.2. The number of hydrogen-bond donors (Lipinski definition) is 0. The third-order valence-electron chi connectivity index (χ3n) is 2.36. The number of carbonyl (C=O) groups excluding carboxylic acids is 2. The molecule has 0 N–H and O–H groups in total. The molecule has 0 spiro atoms. The Balaban J connectivity index is 2.86. The van der Waals surface area contributed by atoms with Crippen LogP contribution < -0.4 is 10.0 Å². The Hall–Kier alpha value is -1.84. The predicted molar refractivity (Wildman–Crippen MR) is 54.7 cm³/mol. The molecular weight excluding hydrogens is 194 g/mol. The average molecular weight is 206 g/mol. The standard InChI is InChI=1S/C11H13NO3/c1-8(11(14)15)12(2)10-5-3-9(7-13)4-6-10/h3-8H,1-2H3,(H,14,15)/p-1. The summed E-state index contributed by atoms with van der Waals surface area (Å²) in [6, 6.07) is 5.97. The van der Waals surface area contributed by atoms with Crippen LogP contribution in [0.25, 0.3) is 0 Å². The van der Waals surface area contributed by atoms with E-state index < -0.39 is 12.0 Å². The van der Waals surface area contributed by atoms with Gasteiger partial charge in [-0.2, -0.15) is 0 Å². The van der Waals surface area contributed by atoms with Crippen LogP contribution in [0, 0.1) is 0 Å². The molecule has 0 radical (unpaired) electrons. The van der Waals surface area contributed by atoms with E-state index in [2.05, 4.69) is 0 Å². The van der Waals surface area contributed by atoms with Crippen LogP contribution >= 0.6 is 0 Å². The number of carbonyl (C=O) groups is 2. The maximum absolute atomic E-state index is 10.6. The minimum Gasteiger partial charge on any atom is -0.548 e. The summed E-state index contributed by atoms with van der Waals surface area (Å²) in [6.45, 7) is 1.54. The number of carboxylic acids is 1. The highest BCUT2D eigenvalue weighted by atomic mass is 16.4. The fourth-order valence-corrected chi connectivity index (χ4v) is 1.17. The van der Waals surface area contributed by atoms with Crippen molar-refractivity contribution in [1.29, 1.82) is 0 Å². The summed E-state index contributed by atoms with van der Waals surface area (Å²) in [4.78, 5) is 22.6. The number of rotatable bonds is 4. The van der Waals surface area contributed by atoms with Crippen molar-refractivity contribution in [3.63, 3.8) is 0 Å². The molecular formula is C11H12NO3-. The molecule has 0 fully saturated rings. The van der Waals surface area contributed by atoms with E-state index in [9.17, 15) is 14.7 Å². The van der Waals surface area contributed by atoms with Gasteiger partial charge in [0.05, 0.1) is 12.0 Å². The minimum absolute atomic E-state index is 0.563. The predicted octanol–water partition coefficient (Wildman–Crippen LogP) is 0.0737. The van der Waals surface area contributed by atoms with Crippen LogP contribution in [0.2, 0.25) is 0 Å². The van der Waals surface area contributed by atoms with Crippen LogP contribution in [-0.2, 0) is 4.79 Å². The monoisotopic (exact) mass is 206 g/mol. The highest BCUT2D eigenvalue weighted by molar-refractivity contribution is 5.78. The van der Waals surface area contributed by atoms with E-state index in [1.165, 1.54) is 0 Å². The highest BCUT2D eigenvalue weighted by Crippen LogP contribution is 2.15. The van der Waals surface area contributed by atoms with Crippen molar-refractivity contribution in [1.82, 2.24) is 0 Å². The van der Waals surface area contributed by atoms with Crippen LogP contribution in [0.1, 0.15) is 17.3 Å². The summed E-state index contributed by atoms with van der Waals surface area (Å²) in [5, 5.41) is 10.6. The van der Waals surface area contributed by atoms with Crippen LogP contribution in [0.3, 0.4) is 0 Å². The summed E-state index contributed by atoms with van der Waals surface area (Å²) in [5.41, 5.74) is 1.30. The largest absolute Gasteiger partial charge is 0.548 e. The van der Waals surface area contributed by atoms with Crippen LogP contribution in [0.4, 0.5) is 5.69 Å². The van der Waals surface area contributed by atoms with Gasteiger partial charge in [0.15, 0.2) is 0 Å². The van der Waals surface area contributed by atoms with Crippen molar-refractivity contribution in [2.75, 3.05) is 11.9 Å². The quantitative estimate of drug-likeness (QED) is 0.654. The maximum Gasteiger partial charge on any atom is 0.150 e. The Morgan fingerprint density at radius 2 is 1.93 bits per heavy atom. The second-order valence-corrected chi connectivity index (χ2v) is 3.32. The lowest BCUT2D eigenvalue weighted by atomic mass is 10.2. The van der Waals surface area contributed by atoms with E-state index in [1.54, 1.807) is 43.1 Å². The van der Waals surface area contributed by atoms with E-state index >= 15 is 0 Å². The summed E-state index contributed by atoms with van der Waals surface area (Å²) >= 11 is 0. The van der Waals surface area contributed by atoms with Gasteiger partial charge in [0, 0.05) is 18.3 Å². The molecule has 4 nitrogen and oxygen atoms in total. The Morgan fingerprint density at radius 1 is 1.40 bits per heavy atom. The zero-order valence-corrected chi connectivity index (χ0v) is 8.64. The molecule has 80 valence electrons. The molecule has 1 unspecified atom stereocenters. The normalized spacial score (nSPS) is 11.9. The Kier molecular flexibility index (Phi) is 3.44. The van der Waals surface area contributed by atoms with E-state index in [-0.39, 0.29) is 0 Å². The molecule has 0 saturated carbocycles. The summed E-state index contributed by atoms with van der Waals surface area (Å²) in [6.07, 6.45) is 0.742. The van der Waals surface area contributed by atoms with Gasteiger partial charge >= 0.3 is 0 Å². The van der Waals surface area contributed by atoms with E-state index in [4.69, 9.17) is 0 Å². The molecule has 1 aromatic carbocycles. The molecule has 0 aliphatic rings. The number of nitrogens with zero attached hydrogens (tertiary/aromatic N) is 1. The van der Waals surface area contributed by atoms with Gasteiger partial charge in [-0.3, -0.25) is 4.79 Å². The fourth-order valence-electron chi connectivity index (χ4n) is 1.17. The van der Waals surface area contributed by atoms with Crippen molar-refractivity contribution >= 4 is 17.9 Å². The molecule has 0 saturated heterocycles. The first-order valence-electron chi connectivity index (χ1n) is 4.55. The van der Waals surface area contributed by atoms with Crippen molar-refractivity contribution in [2.24, 2.45) is 0 Å². The molecule has 0 aliphatic carbocycles. The second kappa shape index (κ2) is 4.59. The van der Waals surface area contributed by atoms with Crippen molar-refractivity contribution in [3.8, 4) is 0 Å². The third kappa shape index (κ3) is 2.56. The smallest absolute Gasteiger partial charge is 0.150 e. The highest BCUT2D eigenvalue weighted by Gasteiger charge is 2.10. The van der Waals surface area contributed by atoms with Crippen molar-refractivity contribution < 1.29 is 14.7 Å². The Bertz CT molecular complexity index is 359.